The Labute approximate surface area is 136 Å². The van der Waals surface area contributed by atoms with Crippen molar-refractivity contribution in [2.45, 2.75) is 20.0 Å². The fraction of sp³-hybridized carbons (Fsp3) is 0.278. The lowest BCUT2D eigenvalue weighted by Gasteiger charge is -2.16. The second-order valence-electron chi connectivity index (χ2n) is 5.25. The van der Waals surface area contributed by atoms with Gasteiger partial charge in [0.2, 0.25) is 0 Å². The zero-order valence-electron chi connectivity index (χ0n) is 13.4. The molecule has 2 amide bonds. The third kappa shape index (κ3) is 5.00. The maximum atomic E-state index is 11.6. The van der Waals surface area contributed by atoms with Crippen LogP contribution in [0.25, 0.3) is 0 Å². The van der Waals surface area contributed by atoms with Gasteiger partial charge in [-0.1, -0.05) is 30.3 Å². The molecule has 5 nitrogen and oxygen atoms in total. The SMILES string of the molecule is Cc1cc(O[C@@H](C)c2ccccc2)ccc1NC(=O)NCCO. The molecule has 1 atom stereocenters. The first kappa shape index (κ1) is 16.8. The monoisotopic (exact) mass is 314 g/mol. The van der Waals surface area contributed by atoms with Gasteiger partial charge in [0.15, 0.2) is 0 Å². The van der Waals surface area contributed by atoms with E-state index in [0.29, 0.717) is 5.69 Å². The molecule has 2 rings (SSSR count). The summed E-state index contributed by atoms with van der Waals surface area (Å²) >= 11 is 0. The second-order valence-corrected chi connectivity index (χ2v) is 5.25. The third-order valence-electron chi connectivity index (χ3n) is 3.43. The number of aliphatic hydroxyl groups excluding tert-OH is 1. The normalized spacial score (nSPS) is 11.6. The number of benzene rings is 2. The van der Waals surface area contributed by atoms with Crippen molar-refractivity contribution in [3.63, 3.8) is 0 Å². The first-order valence-corrected chi connectivity index (χ1v) is 7.58. The first-order chi connectivity index (χ1) is 11.1. The molecule has 2 aromatic carbocycles. The minimum Gasteiger partial charge on any atom is -0.486 e. The molecule has 0 spiro atoms. The number of carbonyl (C=O) groups excluding carboxylic acids is 1. The highest BCUT2D eigenvalue weighted by Crippen LogP contribution is 2.26. The Bertz CT molecular complexity index is 644. The lowest BCUT2D eigenvalue weighted by Crippen LogP contribution is -2.31. The summed E-state index contributed by atoms with van der Waals surface area (Å²) in [6.07, 6.45) is -0.0535. The second kappa shape index (κ2) is 8.19. The Morgan fingerprint density at radius 3 is 2.61 bits per heavy atom. The van der Waals surface area contributed by atoms with E-state index < -0.39 is 0 Å². The van der Waals surface area contributed by atoms with Gasteiger partial charge in [-0.3, -0.25) is 0 Å². The molecular formula is C18H22N2O3. The van der Waals surface area contributed by atoms with Crippen molar-refractivity contribution < 1.29 is 14.6 Å². The third-order valence-corrected chi connectivity index (χ3v) is 3.43. The average Bonchev–Trinajstić information content (AvgIpc) is 2.56. The smallest absolute Gasteiger partial charge is 0.319 e. The van der Waals surface area contributed by atoms with Crippen molar-refractivity contribution in [2.24, 2.45) is 0 Å². The summed E-state index contributed by atoms with van der Waals surface area (Å²) in [5.41, 5.74) is 2.72. The van der Waals surface area contributed by atoms with Crippen LogP contribution >= 0.6 is 0 Å². The molecule has 5 heteroatoms. The topological polar surface area (TPSA) is 70.6 Å². The summed E-state index contributed by atoms with van der Waals surface area (Å²) in [5, 5.41) is 14.0. The van der Waals surface area contributed by atoms with Crippen molar-refractivity contribution in [3.05, 3.63) is 59.7 Å². The van der Waals surface area contributed by atoms with Gasteiger partial charge in [-0.05, 0) is 43.2 Å². The average molecular weight is 314 g/mol. The van der Waals surface area contributed by atoms with Gasteiger partial charge in [0.05, 0.1) is 6.61 Å². The van der Waals surface area contributed by atoms with Crippen LogP contribution in [0.2, 0.25) is 0 Å². The van der Waals surface area contributed by atoms with Crippen molar-refractivity contribution in [2.75, 3.05) is 18.5 Å². The quantitative estimate of drug-likeness (QED) is 0.766. The number of carbonyl (C=O) groups is 1. The van der Waals surface area contributed by atoms with Crippen LogP contribution in [0.15, 0.2) is 48.5 Å². The number of nitrogens with one attached hydrogen (secondary N) is 2. The van der Waals surface area contributed by atoms with E-state index in [-0.39, 0.29) is 25.3 Å². The molecule has 23 heavy (non-hydrogen) atoms. The van der Waals surface area contributed by atoms with E-state index in [9.17, 15) is 4.79 Å². The van der Waals surface area contributed by atoms with E-state index in [1.54, 1.807) is 6.07 Å². The molecule has 0 saturated carbocycles. The fourth-order valence-corrected chi connectivity index (χ4v) is 2.18. The van der Waals surface area contributed by atoms with Crippen LogP contribution in [-0.2, 0) is 0 Å². The largest absolute Gasteiger partial charge is 0.486 e. The number of anilines is 1. The van der Waals surface area contributed by atoms with E-state index in [4.69, 9.17) is 9.84 Å². The van der Waals surface area contributed by atoms with Gasteiger partial charge in [0, 0.05) is 12.2 Å². The van der Waals surface area contributed by atoms with Gasteiger partial charge < -0.3 is 20.5 Å². The molecule has 3 N–H and O–H groups in total. The molecule has 0 fully saturated rings. The molecule has 0 aliphatic carbocycles. The molecule has 0 aliphatic rings. The zero-order valence-corrected chi connectivity index (χ0v) is 13.4. The lowest BCUT2D eigenvalue weighted by molar-refractivity contribution is 0.227. The van der Waals surface area contributed by atoms with E-state index in [2.05, 4.69) is 10.6 Å². The summed E-state index contributed by atoms with van der Waals surface area (Å²) in [7, 11) is 0. The number of amides is 2. The Hall–Kier alpha value is -2.53. The maximum Gasteiger partial charge on any atom is 0.319 e. The molecule has 0 aliphatic heterocycles. The Morgan fingerprint density at radius 1 is 1.22 bits per heavy atom. The molecule has 0 radical (unpaired) electrons. The van der Waals surface area contributed by atoms with E-state index in [1.165, 1.54) is 0 Å². The highest BCUT2D eigenvalue weighted by atomic mass is 16.5. The van der Waals surface area contributed by atoms with Crippen LogP contribution in [0.5, 0.6) is 5.75 Å². The molecule has 0 heterocycles. The summed E-state index contributed by atoms with van der Waals surface area (Å²) in [6.45, 7) is 4.04. The van der Waals surface area contributed by atoms with Crippen molar-refractivity contribution in [1.29, 1.82) is 0 Å². The van der Waals surface area contributed by atoms with Crippen molar-refractivity contribution in [3.8, 4) is 5.75 Å². The molecule has 2 aromatic rings. The fourth-order valence-electron chi connectivity index (χ4n) is 2.18. The van der Waals surface area contributed by atoms with Gasteiger partial charge in [0.1, 0.15) is 11.9 Å². The van der Waals surface area contributed by atoms with Gasteiger partial charge >= 0.3 is 6.03 Å². The summed E-state index contributed by atoms with van der Waals surface area (Å²) < 4.78 is 5.94. The Balaban J connectivity index is 2.00. The molecule has 122 valence electrons. The van der Waals surface area contributed by atoms with E-state index >= 15 is 0 Å². The number of ether oxygens (including phenoxy) is 1. The van der Waals surface area contributed by atoms with Crippen LogP contribution in [0.1, 0.15) is 24.2 Å². The molecule has 0 aromatic heterocycles. The van der Waals surface area contributed by atoms with E-state index in [1.807, 2.05) is 56.3 Å². The molecule has 0 unspecified atom stereocenters. The summed E-state index contributed by atoms with van der Waals surface area (Å²) in [4.78, 5) is 11.6. The Morgan fingerprint density at radius 2 is 1.96 bits per heavy atom. The van der Waals surface area contributed by atoms with Crippen molar-refractivity contribution in [1.82, 2.24) is 5.32 Å². The standard InChI is InChI=1S/C18H22N2O3/c1-13-12-16(23-14(2)15-6-4-3-5-7-15)8-9-17(13)20-18(22)19-10-11-21/h3-9,12,14,21H,10-11H2,1-2H3,(H2,19,20,22)/t14-/m0/s1. The maximum absolute atomic E-state index is 11.6. The molecule has 0 saturated heterocycles. The predicted molar refractivity (Wildman–Crippen MR) is 90.8 cm³/mol. The summed E-state index contributed by atoms with van der Waals surface area (Å²) in [6, 6.07) is 15.2. The molecular weight excluding hydrogens is 292 g/mol. The highest BCUT2D eigenvalue weighted by Gasteiger charge is 2.09. The first-order valence-electron chi connectivity index (χ1n) is 7.58. The number of hydrogen-bond acceptors (Lipinski definition) is 3. The lowest BCUT2D eigenvalue weighted by atomic mass is 10.1. The minimum atomic E-state index is -0.339. The van der Waals surface area contributed by atoms with Crippen LogP contribution in [0.3, 0.4) is 0 Å². The minimum absolute atomic E-state index is 0.0535. The predicted octanol–water partition coefficient (Wildman–Crippen LogP) is 3.25. The number of aliphatic hydroxyl groups is 1. The summed E-state index contributed by atoms with van der Waals surface area (Å²) in [5.74, 6) is 0.750. The molecule has 0 bridgehead atoms. The van der Waals surface area contributed by atoms with Crippen LogP contribution in [0, 0.1) is 6.92 Å². The van der Waals surface area contributed by atoms with Gasteiger partial charge in [-0.2, -0.15) is 0 Å². The van der Waals surface area contributed by atoms with E-state index in [0.717, 1.165) is 16.9 Å². The number of urea groups is 1. The van der Waals surface area contributed by atoms with Crippen LogP contribution in [0.4, 0.5) is 10.5 Å². The van der Waals surface area contributed by atoms with Crippen LogP contribution < -0.4 is 15.4 Å². The van der Waals surface area contributed by atoms with Crippen LogP contribution in [-0.4, -0.2) is 24.3 Å². The highest BCUT2D eigenvalue weighted by molar-refractivity contribution is 5.90. The number of rotatable bonds is 6. The van der Waals surface area contributed by atoms with Gasteiger partial charge in [-0.25, -0.2) is 4.79 Å². The number of hydrogen-bond donors (Lipinski definition) is 3. The zero-order chi connectivity index (χ0) is 16.7. The van der Waals surface area contributed by atoms with Crippen molar-refractivity contribution >= 4 is 11.7 Å². The number of aryl methyl sites for hydroxylation is 1. The van der Waals surface area contributed by atoms with Gasteiger partial charge in [0.25, 0.3) is 0 Å². The van der Waals surface area contributed by atoms with Gasteiger partial charge in [-0.15, -0.1) is 0 Å². The Kier molecular flexibility index (Phi) is 6.00.